The Morgan fingerprint density at radius 2 is 2.12 bits per heavy atom. The van der Waals surface area contributed by atoms with Crippen molar-refractivity contribution in [1.29, 1.82) is 0 Å². The molecule has 0 saturated heterocycles. The third kappa shape index (κ3) is 3.82. The molecule has 4 heteroatoms. The zero-order chi connectivity index (χ0) is 12.7. The second-order valence-electron chi connectivity index (χ2n) is 4.24. The minimum Gasteiger partial charge on any atom is -0.349 e. The molecule has 1 amide bonds. The number of rotatable bonds is 6. The Bertz CT molecular complexity index is 339. The van der Waals surface area contributed by atoms with Gasteiger partial charge < -0.3 is 11.1 Å². The van der Waals surface area contributed by atoms with E-state index in [2.05, 4.69) is 10.3 Å². The number of aromatic nitrogens is 1. The third-order valence-electron chi connectivity index (χ3n) is 3.22. The van der Waals surface area contributed by atoms with E-state index in [0.29, 0.717) is 13.0 Å². The number of nitrogens with zero attached hydrogens (tertiary/aromatic N) is 1. The summed E-state index contributed by atoms with van der Waals surface area (Å²) >= 11 is 0. The van der Waals surface area contributed by atoms with Crippen LogP contribution in [0.25, 0.3) is 0 Å². The number of nitrogens with one attached hydrogen (secondary N) is 1. The van der Waals surface area contributed by atoms with Crippen molar-refractivity contribution < 1.29 is 4.79 Å². The summed E-state index contributed by atoms with van der Waals surface area (Å²) in [5.41, 5.74) is 6.25. The summed E-state index contributed by atoms with van der Waals surface area (Å²) < 4.78 is 0. The molecule has 0 radical (unpaired) electrons. The van der Waals surface area contributed by atoms with Gasteiger partial charge in [-0.3, -0.25) is 9.78 Å². The van der Waals surface area contributed by atoms with Crippen LogP contribution in [0.2, 0.25) is 0 Å². The van der Waals surface area contributed by atoms with Gasteiger partial charge in [0.05, 0.1) is 12.0 Å². The average Bonchev–Trinajstić information content (AvgIpc) is 2.37. The quantitative estimate of drug-likeness (QED) is 0.780. The standard InChI is InChI=1S/C13H21N3O/c1-3-13(4-2,10-14)16-12(17)9-11-7-5-6-8-15-11/h5-8H,3-4,9-10,14H2,1-2H3,(H,16,17). The molecule has 0 saturated carbocycles. The van der Waals surface area contributed by atoms with Gasteiger partial charge in [-0.2, -0.15) is 0 Å². The number of carbonyl (C=O) groups is 1. The first-order valence-corrected chi connectivity index (χ1v) is 6.06. The Morgan fingerprint density at radius 1 is 1.41 bits per heavy atom. The van der Waals surface area contributed by atoms with Crippen molar-refractivity contribution in [2.75, 3.05) is 6.54 Å². The molecule has 0 fully saturated rings. The number of carbonyl (C=O) groups excluding carboxylic acids is 1. The molecule has 0 atom stereocenters. The third-order valence-corrected chi connectivity index (χ3v) is 3.22. The average molecular weight is 235 g/mol. The smallest absolute Gasteiger partial charge is 0.226 e. The first kappa shape index (κ1) is 13.6. The van der Waals surface area contributed by atoms with E-state index in [0.717, 1.165) is 18.5 Å². The van der Waals surface area contributed by atoms with Crippen molar-refractivity contribution in [2.45, 2.75) is 38.6 Å². The molecule has 3 N–H and O–H groups in total. The van der Waals surface area contributed by atoms with Crippen LogP contribution in [0.5, 0.6) is 0 Å². The van der Waals surface area contributed by atoms with Gasteiger partial charge in [-0.15, -0.1) is 0 Å². The SMILES string of the molecule is CCC(CC)(CN)NC(=O)Cc1ccccn1. The molecular weight excluding hydrogens is 214 g/mol. The molecule has 17 heavy (non-hydrogen) atoms. The molecular formula is C13H21N3O. The lowest BCUT2D eigenvalue weighted by Crippen LogP contribution is -2.53. The van der Waals surface area contributed by atoms with Gasteiger partial charge >= 0.3 is 0 Å². The molecule has 0 bridgehead atoms. The maximum absolute atomic E-state index is 11.9. The molecule has 1 rings (SSSR count). The molecule has 1 heterocycles. The second-order valence-corrected chi connectivity index (χ2v) is 4.24. The monoisotopic (exact) mass is 235 g/mol. The Hall–Kier alpha value is -1.42. The lowest BCUT2D eigenvalue weighted by Gasteiger charge is -2.31. The lowest BCUT2D eigenvalue weighted by atomic mass is 9.92. The normalized spacial score (nSPS) is 11.2. The van der Waals surface area contributed by atoms with Crippen LogP contribution in [0.4, 0.5) is 0 Å². The van der Waals surface area contributed by atoms with Gasteiger partial charge in [-0.1, -0.05) is 19.9 Å². The summed E-state index contributed by atoms with van der Waals surface area (Å²) in [5, 5.41) is 3.02. The molecule has 94 valence electrons. The number of pyridine rings is 1. The lowest BCUT2D eigenvalue weighted by molar-refractivity contribution is -0.122. The fraction of sp³-hybridized carbons (Fsp3) is 0.538. The molecule has 1 aromatic heterocycles. The highest BCUT2D eigenvalue weighted by Gasteiger charge is 2.26. The fourth-order valence-corrected chi connectivity index (χ4v) is 1.77. The summed E-state index contributed by atoms with van der Waals surface area (Å²) in [4.78, 5) is 16.0. The summed E-state index contributed by atoms with van der Waals surface area (Å²) in [6.45, 7) is 4.54. The van der Waals surface area contributed by atoms with Crippen LogP contribution >= 0.6 is 0 Å². The number of hydrogen-bond donors (Lipinski definition) is 2. The molecule has 0 aliphatic heterocycles. The molecule has 0 aliphatic carbocycles. The van der Waals surface area contributed by atoms with Crippen LogP contribution in [0.15, 0.2) is 24.4 Å². The first-order chi connectivity index (χ1) is 8.15. The van der Waals surface area contributed by atoms with E-state index in [1.54, 1.807) is 6.20 Å². The Labute approximate surface area is 103 Å². The van der Waals surface area contributed by atoms with Gasteiger partial charge in [0, 0.05) is 18.4 Å². The zero-order valence-corrected chi connectivity index (χ0v) is 10.6. The van der Waals surface area contributed by atoms with E-state index in [4.69, 9.17) is 5.73 Å². The minimum atomic E-state index is -0.272. The van der Waals surface area contributed by atoms with Gasteiger partial charge in [0.25, 0.3) is 0 Å². The van der Waals surface area contributed by atoms with Crippen molar-refractivity contribution in [3.05, 3.63) is 30.1 Å². The molecule has 1 aromatic rings. The van der Waals surface area contributed by atoms with Gasteiger partial charge in [-0.05, 0) is 25.0 Å². The predicted octanol–water partition coefficient (Wildman–Crippen LogP) is 1.26. The van der Waals surface area contributed by atoms with Gasteiger partial charge in [0.2, 0.25) is 5.91 Å². The van der Waals surface area contributed by atoms with Crippen molar-refractivity contribution in [2.24, 2.45) is 5.73 Å². The van der Waals surface area contributed by atoms with E-state index in [1.807, 2.05) is 32.0 Å². The highest BCUT2D eigenvalue weighted by atomic mass is 16.1. The predicted molar refractivity (Wildman–Crippen MR) is 68.5 cm³/mol. The van der Waals surface area contributed by atoms with E-state index in [1.165, 1.54) is 0 Å². The maximum atomic E-state index is 11.9. The Balaban J connectivity index is 2.60. The molecule has 0 aliphatic rings. The minimum absolute atomic E-state index is 0.0159. The van der Waals surface area contributed by atoms with Crippen molar-refractivity contribution in [1.82, 2.24) is 10.3 Å². The second kappa shape index (κ2) is 6.35. The zero-order valence-electron chi connectivity index (χ0n) is 10.6. The van der Waals surface area contributed by atoms with E-state index in [-0.39, 0.29) is 11.4 Å². The van der Waals surface area contributed by atoms with Crippen molar-refractivity contribution in [3.63, 3.8) is 0 Å². The summed E-state index contributed by atoms with van der Waals surface area (Å²) in [7, 11) is 0. The topological polar surface area (TPSA) is 68.0 Å². The van der Waals surface area contributed by atoms with E-state index < -0.39 is 0 Å². The summed E-state index contributed by atoms with van der Waals surface area (Å²) in [5.74, 6) is -0.0159. The number of hydrogen-bond acceptors (Lipinski definition) is 3. The van der Waals surface area contributed by atoms with Crippen LogP contribution in [0.3, 0.4) is 0 Å². The largest absolute Gasteiger partial charge is 0.349 e. The number of nitrogens with two attached hydrogens (primary N) is 1. The van der Waals surface area contributed by atoms with Gasteiger partial charge in [0.1, 0.15) is 0 Å². The van der Waals surface area contributed by atoms with Crippen molar-refractivity contribution >= 4 is 5.91 Å². The van der Waals surface area contributed by atoms with Crippen LogP contribution in [0, 0.1) is 0 Å². The van der Waals surface area contributed by atoms with Crippen LogP contribution in [0.1, 0.15) is 32.4 Å². The Kier molecular flexibility index (Phi) is 5.10. The summed E-state index contributed by atoms with van der Waals surface area (Å²) in [6, 6.07) is 5.57. The van der Waals surface area contributed by atoms with Crippen LogP contribution in [-0.2, 0) is 11.2 Å². The summed E-state index contributed by atoms with van der Waals surface area (Å²) in [6.07, 6.45) is 3.68. The Morgan fingerprint density at radius 3 is 2.59 bits per heavy atom. The van der Waals surface area contributed by atoms with E-state index >= 15 is 0 Å². The molecule has 4 nitrogen and oxygen atoms in total. The molecule has 0 aromatic carbocycles. The highest BCUT2D eigenvalue weighted by molar-refractivity contribution is 5.78. The molecule has 0 spiro atoms. The maximum Gasteiger partial charge on any atom is 0.226 e. The van der Waals surface area contributed by atoms with Crippen LogP contribution in [-0.4, -0.2) is 23.0 Å². The van der Waals surface area contributed by atoms with Gasteiger partial charge in [-0.25, -0.2) is 0 Å². The number of amides is 1. The van der Waals surface area contributed by atoms with Crippen molar-refractivity contribution in [3.8, 4) is 0 Å². The molecule has 0 unspecified atom stereocenters. The van der Waals surface area contributed by atoms with Gasteiger partial charge in [0.15, 0.2) is 0 Å². The van der Waals surface area contributed by atoms with Crippen LogP contribution < -0.4 is 11.1 Å². The first-order valence-electron chi connectivity index (χ1n) is 6.06. The van der Waals surface area contributed by atoms with E-state index in [9.17, 15) is 4.79 Å². The fourth-order valence-electron chi connectivity index (χ4n) is 1.77. The highest BCUT2D eigenvalue weighted by Crippen LogP contribution is 2.13.